The van der Waals surface area contributed by atoms with E-state index in [0.717, 1.165) is 17.7 Å². The predicted octanol–water partition coefficient (Wildman–Crippen LogP) is 4.88. The summed E-state index contributed by atoms with van der Waals surface area (Å²) in [4.78, 5) is 28.8. The molecule has 0 aromatic heterocycles. The highest BCUT2D eigenvalue weighted by Gasteiger charge is 2.69. The van der Waals surface area contributed by atoms with Gasteiger partial charge in [-0.2, -0.15) is 0 Å². The van der Waals surface area contributed by atoms with E-state index in [1.165, 1.54) is 19.8 Å². The molecule has 2 bridgehead atoms. The van der Waals surface area contributed by atoms with Crippen molar-refractivity contribution < 1.29 is 29.6 Å². The first-order valence-corrected chi connectivity index (χ1v) is 15.0. The third-order valence-electron chi connectivity index (χ3n) is 10.1. The van der Waals surface area contributed by atoms with Crippen LogP contribution in [-0.4, -0.2) is 62.7 Å². The zero-order valence-corrected chi connectivity index (χ0v) is 24.3. The average molecular weight is 581 g/mol. The number of rotatable bonds is 7. The SMILES string of the molecule is C/C(C(=O)Nc1cccc(C(=O)c2ccccc2)c1)=C(/O)[C@@H]1Oc2c(O)ccc3c2[C@@]12CCN(CC1CC1)[C@H](C3)[C@@]2(C)O. The van der Waals surface area contributed by atoms with Crippen molar-refractivity contribution in [3.8, 4) is 11.5 Å². The van der Waals surface area contributed by atoms with Crippen LogP contribution in [0.25, 0.3) is 0 Å². The molecule has 0 radical (unpaired) electrons. The highest BCUT2D eigenvalue weighted by molar-refractivity contribution is 6.10. The molecule has 4 atom stereocenters. The number of amides is 1. The Morgan fingerprint density at radius 2 is 1.79 bits per heavy atom. The number of aliphatic hydroxyl groups excluding tert-OH is 1. The van der Waals surface area contributed by atoms with Gasteiger partial charge in [0.1, 0.15) is 5.76 Å². The lowest BCUT2D eigenvalue weighted by Crippen LogP contribution is -2.73. The number of nitrogens with zero attached hydrogens (tertiary/aromatic N) is 1. The van der Waals surface area contributed by atoms with Gasteiger partial charge in [-0.05, 0) is 75.8 Å². The van der Waals surface area contributed by atoms with Gasteiger partial charge in [-0.25, -0.2) is 0 Å². The maximum Gasteiger partial charge on any atom is 0.254 e. The molecule has 8 nitrogen and oxygen atoms in total. The van der Waals surface area contributed by atoms with Crippen LogP contribution in [0.15, 0.2) is 78.1 Å². The molecule has 1 saturated carbocycles. The molecule has 1 spiro atoms. The van der Waals surface area contributed by atoms with Gasteiger partial charge in [-0.3, -0.25) is 14.5 Å². The fraction of sp³-hybridized carbons (Fsp3) is 0.371. The lowest BCUT2D eigenvalue weighted by atomic mass is 9.53. The third kappa shape index (κ3) is 4.26. The lowest BCUT2D eigenvalue weighted by Gasteiger charge is -2.59. The van der Waals surface area contributed by atoms with E-state index in [0.29, 0.717) is 42.1 Å². The van der Waals surface area contributed by atoms with Crippen molar-refractivity contribution in [1.82, 2.24) is 4.90 Å². The number of ketones is 1. The second-order valence-corrected chi connectivity index (χ2v) is 12.7. The summed E-state index contributed by atoms with van der Waals surface area (Å²) in [7, 11) is 0. The summed E-state index contributed by atoms with van der Waals surface area (Å²) in [6.45, 7) is 4.97. The molecule has 1 saturated heterocycles. The quantitative estimate of drug-likeness (QED) is 0.179. The van der Waals surface area contributed by atoms with E-state index in [9.17, 15) is 24.9 Å². The number of fused-ring (bicyclic) bond motifs is 1. The van der Waals surface area contributed by atoms with Crippen LogP contribution in [-0.2, 0) is 16.6 Å². The van der Waals surface area contributed by atoms with E-state index < -0.39 is 23.0 Å². The minimum atomic E-state index is -1.30. The second-order valence-electron chi connectivity index (χ2n) is 12.7. The number of aliphatic hydroxyl groups is 2. The normalized spacial score (nSPS) is 28.0. The maximum atomic E-state index is 13.5. The van der Waals surface area contributed by atoms with Gasteiger partial charge in [0.15, 0.2) is 23.4 Å². The van der Waals surface area contributed by atoms with Crippen molar-refractivity contribution in [2.24, 2.45) is 5.92 Å². The van der Waals surface area contributed by atoms with Crippen LogP contribution < -0.4 is 10.1 Å². The monoisotopic (exact) mass is 580 g/mol. The molecule has 3 aromatic rings. The summed E-state index contributed by atoms with van der Waals surface area (Å²) in [6, 6.07) is 18.9. The Hall–Kier alpha value is -4.14. The Balaban J connectivity index is 1.21. The fourth-order valence-corrected chi connectivity index (χ4v) is 7.60. The Labute approximate surface area is 250 Å². The number of carbonyl (C=O) groups is 2. The number of ether oxygens (including phenoxy) is 1. The highest BCUT2D eigenvalue weighted by Crippen LogP contribution is 2.63. The molecule has 8 heteroatoms. The number of carbonyl (C=O) groups excluding carboxylic acids is 2. The molecular weight excluding hydrogens is 544 g/mol. The number of anilines is 1. The number of hydrogen-bond acceptors (Lipinski definition) is 7. The van der Waals surface area contributed by atoms with Gasteiger partial charge in [0, 0.05) is 35.0 Å². The molecule has 2 fully saturated rings. The van der Waals surface area contributed by atoms with Crippen molar-refractivity contribution in [2.75, 3.05) is 18.4 Å². The summed E-state index contributed by atoms with van der Waals surface area (Å²) >= 11 is 0. The molecule has 43 heavy (non-hydrogen) atoms. The van der Waals surface area contributed by atoms with E-state index >= 15 is 0 Å². The van der Waals surface area contributed by atoms with Crippen LogP contribution in [0.2, 0.25) is 0 Å². The number of nitrogens with one attached hydrogen (secondary N) is 1. The molecular formula is C35H36N2O6. The van der Waals surface area contributed by atoms with Gasteiger partial charge in [-0.1, -0.05) is 48.5 Å². The molecule has 3 aromatic carbocycles. The molecule has 7 rings (SSSR count). The van der Waals surface area contributed by atoms with Crippen LogP contribution in [0.1, 0.15) is 60.2 Å². The number of phenols is 1. The van der Waals surface area contributed by atoms with Gasteiger partial charge in [0.2, 0.25) is 0 Å². The molecule has 222 valence electrons. The Kier molecular flexibility index (Phi) is 6.41. The molecule has 2 aliphatic carbocycles. The molecule has 4 N–H and O–H groups in total. The molecule has 2 heterocycles. The van der Waals surface area contributed by atoms with E-state index in [1.54, 1.807) is 54.6 Å². The number of hydrogen-bond donors (Lipinski definition) is 4. The Bertz CT molecular complexity index is 1660. The van der Waals surface area contributed by atoms with E-state index in [2.05, 4.69) is 10.2 Å². The third-order valence-corrected chi connectivity index (χ3v) is 10.1. The summed E-state index contributed by atoms with van der Waals surface area (Å²) < 4.78 is 6.32. The van der Waals surface area contributed by atoms with E-state index in [-0.39, 0.29) is 34.7 Å². The molecule has 4 aliphatic rings. The van der Waals surface area contributed by atoms with Gasteiger partial charge in [-0.15, -0.1) is 0 Å². The first-order chi connectivity index (χ1) is 20.6. The summed E-state index contributed by atoms with van der Waals surface area (Å²) in [5.41, 5.74) is 0.783. The van der Waals surface area contributed by atoms with Crippen LogP contribution >= 0.6 is 0 Å². The maximum absolute atomic E-state index is 13.5. The predicted molar refractivity (Wildman–Crippen MR) is 162 cm³/mol. The number of likely N-dealkylation sites (tertiary alicyclic amines) is 1. The smallest absolute Gasteiger partial charge is 0.254 e. The zero-order chi connectivity index (χ0) is 30.1. The number of phenolic OH excluding ortho intramolecular Hbond substituents is 1. The van der Waals surface area contributed by atoms with E-state index in [1.807, 2.05) is 19.1 Å². The van der Waals surface area contributed by atoms with Gasteiger partial charge >= 0.3 is 0 Å². The minimum Gasteiger partial charge on any atom is -0.508 e. The standard InChI is InChI=1S/C35H36N2O6/c1-20(33(41)36-25-10-6-9-24(17-25)30(40)22-7-4-3-5-8-22)29(39)32-35-15-16-37(19-21-11-12-21)27(34(35,2)42)18-23-13-14-26(38)31(43-32)28(23)35/h3-10,13-14,17,21,27,32,38-39,42H,11-12,15-16,18-19H2,1-2H3,(H,36,41)/b29-20-/t27-,32+,34-,35+/m1/s1. The first kappa shape index (κ1) is 27.7. The molecule has 1 amide bonds. The van der Waals surface area contributed by atoms with Crippen LogP contribution in [0.4, 0.5) is 5.69 Å². The number of benzene rings is 3. The molecule has 2 aliphatic heterocycles. The van der Waals surface area contributed by atoms with Gasteiger partial charge in [0.25, 0.3) is 5.91 Å². The molecule has 0 unspecified atom stereocenters. The van der Waals surface area contributed by atoms with Gasteiger partial charge in [0.05, 0.1) is 16.6 Å². The topological polar surface area (TPSA) is 119 Å². The average Bonchev–Trinajstić information content (AvgIpc) is 3.75. The van der Waals surface area contributed by atoms with Crippen molar-refractivity contribution >= 4 is 17.4 Å². The fourth-order valence-electron chi connectivity index (χ4n) is 7.60. The zero-order valence-electron chi connectivity index (χ0n) is 24.3. The van der Waals surface area contributed by atoms with Crippen molar-refractivity contribution in [2.45, 2.75) is 62.7 Å². The second kappa shape index (κ2) is 9.96. The van der Waals surface area contributed by atoms with Crippen LogP contribution in [0.5, 0.6) is 11.5 Å². The summed E-state index contributed by atoms with van der Waals surface area (Å²) in [5, 5.41) is 37.7. The Morgan fingerprint density at radius 1 is 1.05 bits per heavy atom. The van der Waals surface area contributed by atoms with Crippen LogP contribution in [0, 0.1) is 5.92 Å². The first-order valence-electron chi connectivity index (χ1n) is 15.0. The van der Waals surface area contributed by atoms with E-state index in [4.69, 9.17) is 4.74 Å². The minimum absolute atomic E-state index is 0.0337. The van der Waals surface area contributed by atoms with Crippen molar-refractivity contribution in [3.63, 3.8) is 0 Å². The van der Waals surface area contributed by atoms with Crippen LogP contribution in [0.3, 0.4) is 0 Å². The van der Waals surface area contributed by atoms with Crippen molar-refractivity contribution in [3.05, 3.63) is 100 Å². The van der Waals surface area contributed by atoms with Gasteiger partial charge < -0.3 is 25.4 Å². The highest BCUT2D eigenvalue weighted by atomic mass is 16.5. The number of aromatic hydroxyl groups is 1. The number of piperidine rings is 1. The van der Waals surface area contributed by atoms with Crippen molar-refractivity contribution in [1.29, 1.82) is 0 Å². The Morgan fingerprint density at radius 3 is 2.53 bits per heavy atom. The lowest BCUT2D eigenvalue weighted by molar-refractivity contribution is -0.153. The largest absolute Gasteiger partial charge is 0.508 e. The summed E-state index contributed by atoms with van der Waals surface area (Å²) in [5.74, 6) is -0.139. The summed E-state index contributed by atoms with van der Waals surface area (Å²) in [6.07, 6.45) is 2.46.